The van der Waals surface area contributed by atoms with Gasteiger partial charge in [0.15, 0.2) is 0 Å². The minimum absolute atomic E-state index is 0.00667. The Balaban J connectivity index is 1.33. The lowest BCUT2D eigenvalue weighted by Gasteiger charge is -2.27. The predicted octanol–water partition coefficient (Wildman–Crippen LogP) is 3.22. The number of rotatable bonds is 5. The van der Waals surface area contributed by atoms with Gasteiger partial charge in [0.2, 0.25) is 0 Å². The van der Waals surface area contributed by atoms with E-state index in [1.54, 1.807) is 30.3 Å². The lowest BCUT2D eigenvalue weighted by Crippen LogP contribution is -2.45. The summed E-state index contributed by atoms with van der Waals surface area (Å²) in [6.45, 7) is 3.25. The first kappa shape index (κ1) is 16.8. The molecule has 4 nitrogen and oxygen atoms in total. The summed E-state index contributed by atoms with van der Waals surface area (Å²) in [5.74, 6) is -2.77. The number of ether oxygens (including phenoxy) is 1. The molecule has 1 aromatic carbocycles. The van der Waals surface area contributed by atoms with Crippen LogP contribution in [0.3, 0.4) is 0 Å². The van der Waals surface area contributed by atoms with E-state index in [-0.39, 0.29) is 30.0 Å². The summed E-state index contributed by atoms with van der Waals surface area (Å²) in [6, 6.07) is 8.33. The molecule has 0 radical (unpaired) electrons. The molecule has 2 N–H and O–H groups in total. The van der Waals surface area contributed by atoms with Gasteiger partial charge in [0.1, 0.15) is 0 Å². The lowest BCUT2D eigenvalue weighted by molar-refractivity contribution is -0.0148. The average molecular weight is 350 g/mol. The number of urea groups is 1. The molecule has 3 unspecified atom stereocenters. The highest BCUT2D eigenvalue weighted by Gasteiger charge is 2.71. The van der Waals surface area contributed by atoms with Gasteiger partial charge in [-0.05, 0) is 31.7 Å². The Morgan fingerprint density at radius 3 is 2.32 bits per heavy atom. The van der Waals surface area contributed by atoms with Crippen LogP contribution >= 0.6 is 0 Å². The molecule has 4 rings (SSSR count). The van der Waals surface area contributed by atoms with E-state index in [1.807, 2.05) is 0 Å². The van der Waals surface area contributed by atoms with Crippen LogP contribution in [0.2, 0.25) is 0 Å². The number of benzene rings is 1. The van der Waals surface area contributed by atoms with Gasteiger partial charge in [-0.3, -0.25) is 0 Å². The van der Waals surface area contributed by atoms with Gasteiger partial charge in [-0.15, -0.1) is 0 Å². The largest absolute Gasteiger partial charge is 0.375 e. The quantitative estimate of drug-likeness (QED) is 0.857. The van der Waals surface area contributed by atoms with Crippen molar-refractivity contribution in [2.24, 2.45) is 5.41 Å². The molecule has 25 heavy (non-hydrogen) atoms. The molecule has 2 bridgehead atoms. The van der Waals surface area contributed by atoms with Crippen molar-refractivity contribution >= 4 is 6.03 Å². The molecule has 0 spiro atoms. The summed E-state index contributed by atoms with van der Waals surface area (Å²) in [5.41, 5.74) is -0.736. The highest BCUT2D eigenvalue weighted by atomic mass is 19.3. The second-order valence-corrected chi connectivity index (χ2v) is 8.28. The van der Waals surface area contributed by atoms with E-state index in [1.165, 1.54) is 0 Å². The van der Waals surface area contributed by atoms with E-state index in [9.17, 15) is 13.6 Å². The standard InChI is InChI=1S/C19H24F2N2O2/c1-16-7-8-17(9-16,13-25-16)11-22-15(24)23-12-18(10-19(18,20)21)14-5-3-2-4-6-14/h2-6H,7-13H2,1H3,(H2,22,23,24). The second kappa shape index (κ2) is 5.40. The summed E-state index contributed by atoms with van der Waals surface area (Å²) in [7, 11) is 0. The number of amides is 2. The van der Waals surface area contributed by atoms with E-state index >= 15 is 0 Å². The Hall–Kier alpha value is -1.69. The third kappa shape index (κ3) is 2.80. The van der Waals surface area contributed by atoms with Crippen molar-refractivity contribution in [1.29, 1.82) is 0 Å². The van der Waals surface area contributed by atoms with Crippen LogP contribution in [0.1, 0.15) is 38.2 Å². The molecule has 1 aliphatic heterocycles. The fraction of sp³-hybridized carbons (Fsp3) is 0.632. The number of alkyl halides is 2. The number of carbonyl (C=O) groups is 1. The summed E-state index contributed by atoms with van der Waals surface area (Å²) >= 11 is 0. The van der Waals surface area contributed by atoms with Gasteiger partial charge in [-0.1, -0.05) is 30.3 Å². The van der Waals surface area contributed by atoms with Crippen LogP contribution in [-0.2, 0) is 10.2 Å². The SMILES string of the molecule is CC12CCC(CNC(=O)NCC3(c4ccccc4)CC3(F)F)(CO1)C2. The Morgan fingerprint density at radius 2 is 1.80 bits per heavy atom. The van der Waals surface area contributed by atoms with Gasteiger partial charge in [-0.25, -0.2) is 13.6 Å². The molecule has 3 atom stereocenters. The van der Waals surface area contributed by atoms with Gasteiger partial charge in [0.25, 0.3) is 5.92 Å². The predicted molar refractivity (Wildman–Crippen MR) is 89.7 cm³/mol. The van der Waals surface area contributed by atoms with Crippen LogP contribution in [-0.4, -0.2) is 37.3 Å². The second-order valence-electron chi connectivity index (χ2n) is 8.28. The van der Waals surface area contributed by atoms with Crippen LogP contribution in [0.25, 0.3) is 0 Å². The van der Waals surface area contributed by atoms with Gasteiger partial charge in [0, 0.05) is 24.9 Å². The van der Waals surface area contributed by atoms with Gasteiger partial charge in [-0.2, -0.15) is 0 Å². The number of fused-ring (bicyclic) bond motifs is 2. The maximum Gasteiger partial charge on any atom is 0.314 e. The first-order valence-electron chi connectivity index (χ1n) is 8.87. The summed E-state index contributed by atoms with van der Waals surface area (Å²) in [5, 5.41) is 5.52. The number of halogens is 2. The Labute approximate surface area is 146 Å². The first-order valence-corrected chi connectivity index (χ1v) is 8.87. The number of carbonyl (C=O) groups excluding carboxylic acids is 1. The van der Waals surface area contributed by atoms with Crippen molar-refractivity contribution in [3.05, 3.63) is 35.9 Å². The van der Waals surface area contributed by atoms with E-state index < -0.39 is 11.3 Å². The number of hydrogen-bond acceptors (Lipinski definition) is 2. The molecule has 3 aliphatic rings. The molecule has 2 amide bonds. The zero-order valence-electron chi connectivity index (χ0n) is 14.4. The summed E-state index contributed by atoms with van der Waals surface area (Å²) in [4.78, 5) is 12.2. The van der Waals surface area contributed by atoms with E-state index in [2.05, 4.69) is 17.6 Å². The highest BCUT2D eigenvalue weighted by molar-refractivity contribution is 5.74. The zero-order valence-corrected chi connectivity index (χ0v) is 14.4. The normalized spacial score (nSPS) is 37.7. The summed E-state index contributed by atoms with van der Waals surface area (Å²) < 4.78 is 33.8. The molecule has 6 heteroatoms. The van der Waals surface area contributed by atoms with Crippen molar-refractivity contribution in [3.63, 3.8) is 0 Å². The number of hydrogen-bond donors (Lipinski definition) is 2. The van der Waals surface area contributed by atoms with Crippen LogP contribution in [0, 0.1) is 5.41 Å². The van der Waals surface area contributed by atoms with Crippen molar-refractivity contribution < 1.29 is 18.3 Å². The van der Waals surface area contributed by atoms with Crippen LogP contribution < -0.4 is 10.6 Å². The smallest absolute Gasteiger partial charge is 0.314 e. The topological polar surface area (TPSA) is 50.4 Å². The lowest BCUT2D eigenvalue weighted by atomic mass is 9.87. The van der Waals surface area contributed by atoms with Crippen molar-refractivity contribution in [2.45, 2.75) is 49.5 Å². The van der Waals surface area contributed by atoms with Crippen LogP contribution in [0.15, 0.2) is 30.3 Å². The minimum atomic E-state index is -2.77. The minimum Gasteiger partial charge on any atom is -0.375 e. The van der Waals surface area contributed by atoms with E-state index in [0.717, 1.165) is 19.3 Å². The zero-order chi connectivity index (χ0) is 17.8. The van der Waals surface area contributed by atoms with Crippen molar-refractivity contribution in [1.82, 2.24) is 10.6 Å². The van der Waals surface area contributed by atoms with Gasteiger partial charge in [0.05, 0.1) is 17.6 Å². The summed E-state index contributed by atoms with van der Waals surface area (Å²) in [6.07, 6.45) is 2.78. The fourth-order valence-electron chi connectivity index (χ4n) is 4.54. The van der Waals surface area contributed by atoms with Crippen LogP contribution in [0.4, 0.5) is 13.6 Å². The van der Waals surface area contributed by atoms with Crippen LogP contribution in [0.5, 0.6) is 0 Å². The molecular formula is C19H24F2N2O2. The molecule has 2 saturated carbocycles. The van der Waals surface area contributed by atoms with Crippen molar-refractivity contribution in [2.75, 3.05) is 19.7 Å². The number of nitrogens with one attached hydrogen (secondary N) is 2. The average Bonchev–Trinajstić information content (AvgIpc) is 2.88. The van der Waals surface area contributed by atoms with Gasteiger partial charge >= 0.3 is 6.03 Å². The Morgan fingerprint density at radius 1 is 1.12 bits per heavy atom. The Kier molecular flexibility index (Phi) is 3.62. The molecule has 2 aliphatic carbocycles. The van der Waals surface area contributed by atoms with Crippen molar-refractivity contribution in [3.8, 4) is 0 Å². The Bertz CT molecular complexity index is 671. The maximum atomic E-state index is 14.0. The first-order chi connectivity index (χ1) is 11.8. The van der Waals surface area contributed by atoms with E-state index in [4.69, 9.17) is 4.74 Å². The van der Waals surface area contributed by atoms with E-state index in [0.29, 0.717) is 18.7 Å². The molecule has 1 aromatic rings. The molecule has 136 valence electrons. The fourth-order valence-corrected chi connectivity index (χ4v) is 4.54. The molecular weight excluding hydrogens is 326 g/mol. The molecule has 0 aromatic heterocycles. The molecule has 1 saturated heterocycles. The molecule has 3 fully saturated rings. The third-order valence-electron chi connectivity index (χ3n) is 6.26. The highest BCUT2D eigenvalue weighted by Crippen LogP contribution is 2.61. The molecule has 1 heterocycles. The third-order valence-corrected chi connectivity index (χ3v) is 6.26. The monoisotopic (exact) mass is 350 g/mol. The maximum absolute atomic E-state index is 14.0. The van der Waals surface area contributed by atoms with Gasteiger partial charge < -0.3 is 15.4 Å².